The summed E-state index contributed by atoms with van der Waals surface area (Å²) in [5, 5.41) is 21.4. The van der Waals surface area contributed by atoms with Gasteiger partial charge in [0, 0.05) is 59.3 Å². The first-order valence-corrected chi connectivity index (χ1v) is 13.2. The second kappa shape index (κ2) is 12.3. The second-order valence-corrected chi connectivity index (χ2v) is 11.5. The Kier molecular flexibility index (Phi) is 9.62. The van der Waals surface area contributed by atoms with Crippen LogP contribution in [0.25, 0.3) is 0 Å². The smallest absolute Gasteiger partial charge is 0.308 e. The summed E-state index contributed by atoms with van der Waals surface area (Å²) in [5.74, 6) is -1.99. The molecule has 3 rings (SSSR count). The molecule has 1 fully saturated rings. The molecule has 2 atom stereocenters. The molecule has 1 aliphatic heterocycles. The summed E-state index contributed by atoms with van der Waals surface area (Å²) < 4.78 is 0. The van der Waals surface area contributed by atoms with Gasteiger partial charge in [-0.2, -0.15) is 0 Å². The van der Waals surface area contributed by atoms with E-state index in [1.807, 2.05) is 20.8 Å². The van der Waals surface area contributed by atoms with Gasteiger partial charge in [-0.25, -0.2) is 0 Å². The fraction of sp³-hybridized carbons (Fsp3) is 0.464. The van der Waals surface area contributed by atoms with Gasteiger partial charge in [-0.3, -0.25) is 14.4 Å². The molecule has 37 heavy (non-hydrogen) atoms. The third-order valence-electron chi connectivity index (χ3n) is 6.38. The highest BCUT2D eigenvalue weighted by molar-refractivity contribution is 6.31. The Labute approximate surface area is 228 Å². The molecule has 0 aliphatic carbocycles. The summed E-state index contributed by atoms with van der Waals surface area (Å²) in [7, 11) is 0. The number of amides is 2. The molecule has 9 heteroatoms. The number of nitrogens with zero attached hydrogens (tertiary/aromatic N) is 2. The van der Waals surface area contributed by atoms with Crippen LogP contribution in [0, 0.1) is 11.3 Å². The Hall–Kier alpha value is -2.61. The van der Waals surface area contributed by atoms with Crippen molar-refractivity contribution >= 4 is 46.7 Å². The summed E-state index contributed by atoms with van der Waals surface area (Å²) >= 11 is 12.6. The van der Waals surface area contributed by atoms with Gasteiger partial charge in [-0.05, 0) is 42.5 Å². The van der Waals surface area contributed by atoms with E-state index in [9.17, 15) is 24.6 Å². The number of aliphatic carboxylic acids is 1. The van der Waals surface area contributed by atoms with E-state index in [0.717, 1.165) is 0 Å². The van der Waals surface area contributed by atoms with Crippen LogP contribution in [0.5, 0.6) is 0 Å². The standard InChI is InChI=1S/C28H34Cl2N2O5/c1-28(2,3)17-32(25(34)13-12-24(33)31-14-6-7-18(16-31)27(36)37)23-11-10-19(29)15-21(23)26(35)20-8-4-5-9-22(20)30/h4-5,8-11,15,18,26,35H,6-7,12-14,16-17H2,1-3H3,(H,36,37). The first-order chi connectivity index (χ1) is 17.4. The Balaban J connectivity index is 1.86. The summed E-state index contributed by atoms with van der Waals surface area (Å²) in [6.07, 6.45) is -0.0266. The minimum absolute atomic E-state index is 0.0260. The molecule has 0 radical (unpaired) electrons. The van der Waals surface area contributed by atoms with Crippen molar-refractivity contribution in [2.75, 3.05) is 24.5 Å². The zero-order chi connectivity index (χ0) is 27.3. The molecule has 0 aromatic heterocycles. The predicted octanol–water partition coefficient (Wildman–Crippen LogP) is 5.56. The number of benzene rings is 2. The maximum atomic E-state index is 13.6. The number of likely N-dealkylation sites (tertiary alicyclic amines) is 1. The van der Waals surface area contributed by atoms with E-state index in [2.05, 4.69) is 0 Å². The largest absolute Gasteiger partial charge is 0.481 e. The van der Waals surface area contributed by atoms with Crippen LogP contribution in [0.2, 0.25) is 10.0 Å². The molecule has 0 saturated carbocycles. The summed E-state index contributed by atoms with van der Waals surface area (Å²) in [5.41, 5.74) is 1.13. The van der Waals surface area contributed by atoms with Crippen LogP contribution in [0.3, 0.4) is 0 Å². The third-order valence-corrected chi connectivity index (χ3v) is 6.96. The number of aliphatic hydroxyl groups excluding tert-OH is 1. The highest BCUT2D eigenvalue weighted by Crippen LogP contribution is 2.37. The Morgan fingerprint density at radius 2 is 1.78 bits per heavy atom. The average molecular weight is 549 g/mol. The number of hydrogen-bond acceptors (Lipinski definition) is 4. The number of carbonyl (C=O) groups is 3. The number of halogens is 2. The van der Waals surface area contributed by atoms with E-state index < -0.39 is 18.0 Å². The highest BCUT2D eigenvalue weighted by Gasteiger charge is 2.30. The lowest BCUT2D eigenvalue weighted by atomic mass is 9.93. The van der Waals surface area contributed by atoms with Crippen LogP contribution >= 0.6 is 23.2 Å². The van der Waals surface area contributed by atoms with Gasteiger partial charge >= 0.3 is 5.97 Å². The van der Waals surface area contributed by atoms with Crippen LogP contribution in [0.4, 0.5) is 5.69 Å². The van der Waals surface area contributed by atoms with E-state index in [1.54, 1.807) is 52.3 Å². The van der Waals surface area contributed by atoms with Crippen LogP contribution < -0.4 is 4.90 Å². The van der Waals surface area contributed by atoms with Gasteiger partial charge in [0.05, 0.1) is 5.92 Å². The molecule has 200 valence electrons. The Morgan fingerprint density at radius 1 is 1.08 bits per heavy atom. The molecule has 0 bridgehead atoms. The van der Waals surface area contributed by atoms with Gasteiger partial charge in [-0.1, -0.05) is 62.2 Å². The summed E-state index contributed by atoms with van der Waals surface area (Å²) in [6, 6.07) is 11.9. The molecule has 7 nitrogen and oxygen atoms in total. The molecule has 2 aromatic carbocycles. The summed E-state index contributed by atoms with van der Waals surface area (Å²) in [6.45, 7) is 7.00. The van der Waals surface area contributed by atoms with Crippen LogP contribution in [-0.4, -0.2) is 52.5 Å². The van der Waals surface area contributed by atoms with Gasteiger partial charge in [0.25, 0.3) is 0 Å². The maximum Gasteiger partial charge on any atom is 0.308 e. The molecular formula is C28H34Cl2N2O5. The quantitative estimate of drug-likeness (QED) is 0.450. The van der Waals surface area contributed by atoms with Crippen molar-refractivity contribution in [3.63, 3.8) is 0 Å². The first-order valence-electron chi connectivity index (χ1n) is 12.4. The highest BCUT2D eigenvalue weighted by atomic mass is 35.5. The second-order valence-electron chi connectivity index (χ2n) is 10.7. The number of anilines is 1. The maximum absolute atomic E-state index is 13.6. The molecule has 1 aliphatic rings. The Bertz CT molecular complexity index is 1150. The minimum Gasteiger partial charge on any atom is -0.481 e. The first kappa shape index (κ1) is 29.0. The fourth-order valence-electron chi connectivity index (χ4n) is 4.55. The lowest BCUT2D eigenvalue weighted by Crippen LogP contribution is -2.43. The van der Waals surface area contributed by atoms with Crippen molar-refractivity contribution in [2.24, 2.45) is 11.3 Å². The number of carboxylic acid groups (broad SMARTS) is 1. The van der Waals surface area contributed by atoms with Gasteiger partial charge in [0.15, 0.2) is 0 Å². The Morgan fingerprint density at radius 3 is 2.43 bits per heavy atom. The van der Waals surface area contributed by atoms with Gasteiger partial charge in [0.1, 0.15) is 6.10 Å². The van der Waals surface area contributed by atoms with E-state index in [1.165, 1.54) is 0 Å². The molecule has 1 saturated heterocycles. The predicted molar refractivity (Wildman–Crippen MR) is 145 cm³/mol. The molecule has 2 N–H and O–H groups in total. The monoisotopic (exact) mass is 548 g/mol. The van der Waals surface area contributed by atoms with Gasteiger partial charge in [0.2, 0.25) is 11.8 Å². The lowest BCUT2D eigenvalue weighted by Gasteiger charge is -2.33. The van der Waals surface area contributed by atoms with Crippen molar-refractivity contribution in [1.29, 1.82) is 0 Å². The number of carboxylic acids is 1. The van der Waals surface area contributed by atoms with Crippen molar-refractivity contribution in [2.45, 2.75) is 52.6 Å². The number of hydrogen-bond donors (Lipinski definition) is 2. The molecule has 2 aromatic rings. The van der Waals surface area contributed by atoms with E-state index in [0.29, 0.717) is 52.8 Å². The van der Waals surface area contributed by atoms with E-state index in [4.69, 9.17) is 23.2 Å². The minimum atomic E-state index is -1.12. The molecular weight excluding hydrogens is 515 g/mol. The van der Waals surface area contributed by atoms with Gasteiger partial charge in [-0.15, -0.1) is 0 Å². The SMILES string of the molecule is CC(C)(C)CN(C(=O)CCC(=O)N1CCCC(C(=O)O)C1)c1ccc(Cl)cc1C(O)c1ccccc1Cl. The average Bonchev–Trinajstić information content (AvgIpc) is 2.85. The molecule has 2 unspecified atom stereocenters. The number of piperidine rings is 1. The molecule has 0 spiro atoms. The van der Waals surface area contributed by atoms with E-state index in [-0.39, 0.29) is 36.6 Å². The molecule has 1 heterocycles. The molecule has 2 amide bonds. The van der Waals surface area contributed by atoms with Crippen molar-refractivity contribution < 1.29 is 24.6 Å². The van der Waals surface area contributed by atoms with Crippen LogP contribution in [0.1, 0.15) is 63.7 Å². The number of carbonyl (C=O) groups excluding carboxylic acids is 2. The number of aliphatic hydroxyl groups is 1. The summed E-state index contributed by atoms with van der Waals surface area (Å²) in [4.78, 5) is 40.9. The van der Waals surface area contributed by atoms with Crippen molar-refractivity contribution in [3.05, 3.63) is 63.6 Å². The lowest BCUT2D eigenvalue weighted by molar-refractivity contribution is -0.146. The van der Waals surface area contributed by atoms with Gasteiger partial charge < -0.3 is 20.0 Å². The zero-order valence-corrected chi connectivity index (χ0v) is 22.9. The topological polar surface area (TPSA) is 98.2 Å². The van der Waals surface area contributed by atoms with Crippen molar-refractivity contribution in [1.82, 2.24) is 4.90 Å². The zero-order valence-electron chi connectivity index (χ0n) is 21.4. The third kappa shape index (κ3) is 7.69. The number of rotatable bonds is 8. The van der Waals surface area contributed by atoms with Crippen molar-refractivity contribution in [3.8, 4) is 0 Å². The fourth-order valence-corrected chi connectivity index (χ4v) is 4.97. The normalized spacial score (nSPS) is 16.8. The van der Waals surface area contributed by atoms with E-state index >= 15 is 0 Å². The van der Waals surface area contributed by atoms with Crippen LogP contribution in [-0.2, 0) is 14.4 Å². The van der Waals surface area contributed by atoms with Crippen LogP contribution in [0.15, 0.2) is 42.5 Å².